The average Bonchev–Trinajstić information content (AvgIpc) is 1.53. The molecule has 28 aromatic carbocycles. The third kappa shape index (κ3) is 8.20. The SMILES string of the molecule is Cc1ccc2c3ccc4c5cc6c(-c7ccccc7)c7c8cccc9cccc(c7c(-c7ccccc7)c6cc5c5ccc(c6ccc(C)c1c26)c3c45)c98.c1ccc2c(c1)sc1ccc(-c3c4cc5c(cc4c(-c4ccc6sc7ccccc7c6c4)c4c6cccc7cccc(c34)c76)c3ccc4c6cccc7cccc(c8ccc5c3c84)c76)cc12. The first-order valence-corrected chi connectivity index (χ1v) is 43.6. The molecule has 0 amide bonds. The number of fused-ring (bicyclic) bond motifs is 24. The van der Waals surface area contributed by atoms with Crippen LogP contribution in [0.2, 0.25) is 0 Å². The first-order chi connectivity index (χ1) is 59.4. The van der Waals surface area contributed by atoms with Crippen LogP contribution in [0, 0.1) is 13.8 Å². The van der Waals surface area contributed by atoms with Gasteiger partial charge in [-0.2, -0.15) is 0 Å². The maximum atomic E-state index is 2.59. The number of benzene rings is 24. The van der Waals surface area contributed by atoms with Crippen molar-refractivity contribution >= 4 is 278 Å². The normalized spacial score (nSPS) is 12.8. The molecule has 0 saturated carbocycles. The average molecular weight is 1550 g/mol. The summed E-state index contributed by atoms with van der Waals surface area (Å²) >= 11 is 3.78. The summed E-state index contributed by atoms with van der Waals surface area (Å²) < 4.78 is 5.32. The molecule has 0 atom stereocenters. The van der Waals surface area contributed by atoms with Gasteiger partial charge < -0.3 is 0 Å². The van der Waals surface area contributed by atoms with Gasteiger partial charge in [0.15, 0.2) is 0 Å². The monoisotopic (exact) mass is 1540 g/mol. The molecule has 0 aliphatic carbocycles. The minimum atomic E-state index is 1.26. The summed E-state index contributed by atoms with van der Waals surface area (Å²) in [4.78, 5) is 0. The second-order valence-electron chi connectivity index (χ2n) is 34.1. The van der Waals surface area contributed by atoms with Gasteiger partial charge in [0.05, 0.1) is 0 Å². The van der Waals surface area contributed by atoms with Crippen molar-refractivity contribution in [1.82, 2.24) is 0 Å². The van der Waals surface area contributed by atoms with E-state index in [0.29, 0.717) is 0 Å². The Bertz CT molecular complexity index is 9270. The van der Waals surface area contributed by atoms with Crippen LogP contribution in [0.4, 0.5) is 0 Å². The highest BCUT2D eigenvalue weighted by atomic mass is 32.1. The lowest BCUT2D eigenvalue weighted by molar-refractivity contribution is 1.48. The Kier molecular flexibility index (Phi) is 12.5. The van der Waals surface area contributed by atoms with Gasteiger partial charge in [-0.25, -0.2) is 0 Å². The molecule has 0 radical (unpaired) electrons. The van der Waals surface area contributed by atoms with Gasteiger partial charge in [0, 0.05) is 40.3 Å². The van der Waals surface area contributed by atoms with E-state index in [1.165, 1.54) is 311 Å². The first kappa shape index (κ1) is 64.5. The zero-order valence-electron chi connectivity index (χ0n) is 65.3. The second kappa shape index (κ2) is 23.2. The summed E-state index contributed by atoms with van der Waals surface area (Å²) in [6.45, 7) is 4.51. The van der Waals surface area contributed by atoms with Gasteiger partial charge >= 0.3 is 0 Å². The van der Waals surface area contributed by atoms with Crippen LogP contribution in [-0.2, 0) is 0 Å². The third-order valence-corrected chi connectivity index (χ3v) is 30.7. The summed E-state index contributed by atoms with van der Waals surface area (Å²) in [5.41, 5.74) is 13.0. The molecule has 0 saturated heterocycles. The lowest BCUT2D eigenvalue weighted by Crippen LogP contribution is -1.90. The smallest absolute Gasteiger partial charge is 0.0355 e. The van der Waals surface area contributed by atoms with Crippen LogP contribution < -0.4 is 0 Å². The first-order valence-electron chi connectivity index (χ1n) is 42.0. The van der Waals surface area contributed by atoms with Crippen molar-refractivity contribution in [1.29, 1.82) is 0 Å². The Hall–Kier alpha value is -14.6. The topological polar surface area (TPSA) is 0 Å². The summed E-state index contributed by atoms with van der Waals surface area (Å²) in [7, 11) is 0. The van der Waals surface area contributed by atoms with Crippen molar-refractivity contribution in [2.45, 2.75) is 13.8 Å². The highest BCUT2D eigenvalue weighted by Crippen LogP contribution is 2.59. The maximum absolute atomic E-state index is 2.59. The third-order valence-electron chi connectivity index (χ3n) is 28.4. The van der Waals surface area contributed by atoms with E-state index in [1.54, 1.807) is 0 Å². The van der Waals surface area contributed by atoms with Gasteiger partial charge in [-0.1, -0.05) is 291 Å². The molecule has 0 bridgehead atoms. The summed E-state index contributed by atoms with van der Waals surface area (Å²) in [5.74, 6) is 0. The number of hydrogen-bond donors (Lipinski definition) is 0. The molecule has 0 fully saturated rings. The van der Waals surface area contributed by atoms with Gasteiger partial charge in [-0.15, -0.1) is 22.7 Å². The van der Waals surface area contributed by atoms with Crippen molar-refractivity contribution in [3.05, 3.63) is 363 Å². The van der Waals surface area contributed by atoms with Gasteiger partial charge in [-0.05, 0) is 346 Å². The molecule has 0 unspecified atom stereocenters. The van der Waals surface area contributed by atoms with Crippen LogP contribution in [0.25, 0.3) is 300 Å². The number of aryl methyl sites for hydroxylation is 2. The molecule has 2 aromatic heterocycles. The van der Waals surface area contributed by atoms with Gasteiger partial charge in [0.2, 0.25) is 0 Å². The van der Waals surface area contributed by atoms with Crippen LogP contribution in [0.5, 0.6) is 0 Å². The fourth-order valence-corrected chi connectivity index (χ4v) is 25.8. The van der Waals surface area contributed by atoms with Crippen LogP contribution in [0.1, 0.15) is 11.1 Å². The fraction of sp³-hybridized carbons (Fsp3) is 0.0169. The lowest BCUT2D eigenvalue weighted by Gasteiger charge is -2.18. The van der Waals surface area contributed by atoms with Crippen molar-refractivity contribution in [2.75, 3.05) is 0 Å². The van der Waals surface area contributed by atoms with Crippen LogP contribution in [0.3, 0.4) is 0 Å². The highest BCUT2D eigenvalue weighted by molar-refractivity contribution is 7.26. The minimum Gasteiger partial charge on any atom is -0.135 e. The Morgan fingerprint density at radius 3 is 0.725 bits per heavy atom. The van der Waals surface area contributed by atoms with E-state index in [9.17, 15) is 0 Å². The number of rotatable bonds is 4. The van der Waals surface area contributed by atoms with E-state index in [4.69, 9.17) is 0 Å². The zero-order chi connectivity index (χ0) is 77.9. The molecule has 2 heterocycles. The lowest BCUT2D eigenvalue weighted by atomic mass is 9.85. The number of thiophene rings is 2. The van der Waals surface area contributed by atoms with Gasteiger partial charge in [0.25, 0.3) is 0 Å². The fourth-order valence-electron chi connectivity index (χ4n) is 23.6. The predicted molar refractivity (Wildman–Crippen MR) is 527 cm³/mol. The van der Waals surface area contributed by atoms with Crippen molar-refractivity contribution in [2.24, 2.45) is 0 Å². The van der Waals surface area contributed by atoms with E-state index in [-0.39, 0.29) is 0 Å². The maximum Gasteiger partial charge on any atom is 0.0355 e. The van der Waals surface area contributed by atoms with Crippen LogP contribution in [0.15, 0.2) is 352 Å². The highest BCUT2D eigenvalue weighted by Gasteiger charge is 2.31. The van der Waals surface area contributed by atoms with Crippen molar-refractivity contribution < 1.29 is 0 Å². The summed E-state index contributed by atoms with van der Waals surface area (Å²) in [6.07, 6.45) is 0. The second-order valence-corrected chi connectivity index (χ2v) is 36.3. The van der Waals surface area contributed by atoms with Gasteiger partial charge in [-0.3, -0.25) is 0 Å². The largest absolute Gasteiger partial charge is 0.135 e. The quantitative estimate of drug-likeness (QED) is 0.122. The molecule has 0 spiro atoms. The molecule has 30 rings (SSSR count). The standard InChI is InChI=1S/C64H32S2.C54H32/c1-3-19-53-37(13-1)49-29-35(21-27-55(49)65-53)59-51-31-47-43-25-23-41-39-15-5-9-33-10-6-16-40(57(33)39)42-24-26-44(62(43)61(41)42)48(47)32-52(51)60(36-22-28-56-50(30-36)38-14-2-4-20-54(38)66-56)64-46-18-8-12-34-11-7-17-45(58(34)46)63(59)64;1-29-19-21-34-36-23-25-38-42-27-44-45(28-43(42)39-26-24-37(51(36)52(38)39)35-22-20-30(2)46(29)50(34)35)49(33-13-7-4-8-14-33)54-41-18-10-16-31-15-9-17-40(47(31)41)53(54)48(44)32-11-5-3-6-12-32/h1-32H;3-28H,1-2H3. The zero-order valence-corrected chi connectivity index (χ0v) is 66.9. The van der Waals surface area contributed by atoms with Crippen molar-refractivity contribution in [3.63, 3.8) is 0 Å². The molecule has 0 N–H and O–H groups in total. The molecular formula is C118H64S2. The molecular weight excluding hydrogens is 1480 g/mol. The molecule has 0 nitrogen and oxygen atoms in total. The van der Waals surface area contributed by atoms with Crippen LogP contribution in [-0.4, -0.2) is 0 Å². The van der Waals surface area contributed by atoms with Crippen LogP contribution >= 0.6 is 22.7 Å². The Morgan fingerprint density at radius 1 is 0.133 bits per heavy atom. The molecule has 120 heavy (non-hydrogen) atoms. The summed E-state index contributed by atoms with van der Waals surface area (Å²) in [6, 6.07) is 135. The Labute approximate surface area is 694 Å². The van der Waals surface area contributed by atoms with E-state index < -0.39 is 0 Å². The predicted octanol–water partition coefficient (Wildman–Crippen LogP) is 35.1. The summed E-state index contributed by atoms with van der Waals surface area (Å²) in [5, 5.41) is 58.9. The van der Waals surface area contributed by atoms with E-state index in [1.807, 2.05) is 22.7 Å². The van der Waals surface area contributed by atoms with E-state index in [2.05, 4.69) is 366 Å². The Morgan fingerprint density at radius 2 is 0.383 bits per heavy atom. The Balaban J connectivity index is 0.000000124. The van der Waals surface area contributed by atoms with Crippen molar-refractivity contribution in [3.8, 4) is 44.5 Å². The van der Waals surface area contributed by atoms with E-state index >= 15 is 0 Å². The molecule has 2 heteroatoms. The van der Waals surface area contributed by atoms with E-state index in [0.717, 1.165) is 0 Å². The van der Waals surface area contributed by atoms with Gasteiger partial charge in [0.1, 0.15) is 0 Å². The molecule has 30 aromatic rings. The number of hydrogen-bond acceptors (Lipinski definition) is 2. The molecule has 0 aliphatic heterocycles. The minimum absolute atomic E-state index is 1.26. The molecule has 0 aliphatic rings. The molecule has 548 valence electrons.